The van der Waals surface area contributed by atoms with Crippen LogP contribution in [-0.4, -0.2) is 50.8 Å². The van der Waals surface area contributed by atoms with Gasteiger partial charge in [0, 0.05) is 29.8 Å². The van der Waals surface area contributed by atoms with Crippen molar-refractivity contribution in [2.24, 2.45) is 0 Å². The van der Waals surface area contributed by atoms with E-state index in [2.05, 4.69) is 10.6 Å². The van der Waals surface area contributed by atoms with Crippen molar-refractivity contribution in [3.8, 4) is 5.75 Å². The van der Waals surface area contributed by atoms with Gasteiger partial charge in [-0.1, -0.05) is 18.0 Å². The summed E-state index contributed by atoms with van der Waals surface area (Å²) in [5.41, 5.74) is 0.457. The number of sulfonamides is 1. The van der Waals surface area contributed by atoms with Gasteiger partial charge in [-0.2, -0.15) is 4.31 Å². The first-order valence-electron chi connectivity index (χ1n) is 10.3. The van der Waals surface area contributed by atoms with Gasteiger partial charge >= 0.3 is 11.8 Å². The first kappa shape index (κ1) is 24.0. The number of halogens is 1. The fourth-order valence-corrected chi connectivity index (χ4v) is 5.47. The molecule has 1 atom stereocenters. The molecule has 32 heavy (non-hydrogen) atoms. The highest BCUT2D eigenvalue weighted by molar-refractivity contribution is 7.89. The number of nitrogens with one attached hydrogen (secondary N) is 2. The predicted octanol–water partition coefficient (Wildman–Crippen LogP) is 3.04. The molecule has 0 saturated carbocycles. The van der Waals surface area contributed by atoms with E-state index in [1.54, 1.807) is 36.4 Å². The van der Waals surface area contributed by atoms with Gasteiger partial charge in [0.25, 0.3) is 0 Å². The van der Waals surface area contributed by atoms with Gasteiger partial charge in [0.05, 0.1) is 12.0 Å². The van der Waals surface area contributed by atoms with E-state index < -0.39 is 21.8 Å². The van der Waals surface area contributed by atoms with Crippen molar-refractivity contribution >= 4 is 39.1 Å². The Kier molecular flexibility index (Phi) is 8.11. The highest BCUT2D eigenvalue weighted by Crippen LogP contribution is 2.28. The van der Waals surface area contributed by atoms with Crippen molar-refractivity contribution in [3.63, 3.8) is 0 Å². The number of carbonyl (C=O) groups excluding carboxylic acids is 2. The van der Waals surface area contributed by atoms with Crippen molar-refractivity contribution in [1.29, 1.82) is 0 Å². The van der Waals surface area contributed by atoms with E-state index in [4.69, 9.17) is 16.3 Å². The van der Waals surface area contributed by atoms with Gasteiger partial charge in [0.1, 0.15) is 5.75 Å². The molecule has 1 aliphatic heterocycles. The largest absolute Gasteiger partial charge is 0.497 e. The Morgan fingerprint density at radius 3 is 2.41 bits per heavy atom. The third-order valence-corrected chi connectivity index (χ3v) is 7.53. The topological polar surface area (TPSA) is 105 Å². The molecule has 2 amide bonds. The highest BCUT2D eigenvalue weighted by Gasteiger charge is 2.33. The molecule has 0 spiro atoms. The van der Waals surface area contributed by atoms with E-state index in [-0.39, 0.29) is 17.5 Å². The van der Waals surface area contributed by atoms with Crippen LogP contribution in [0.25, 0.3) is 0 Å². The maximum atomic E-state index is 13.2. The lowest BCUT2D eigenvalue weighted by Crippen LogP contribution is -2.45. The molecular weight excluding hydrogens is 454 g/mol. The molecule has 1 saturated heterocycles. The molecule has 8 nitrogen and oxygen atoms in total. The number of piperidine rings is 1. The fraction of sp³-hybridized carbons (Fsp3) is 0.364. The number of rotatable bonds is 7. The summed E-state index contributed by atoms with van der Waals surface area (Å²) in [7, 11) is -2.15. The molecule has 1 heterocycles. The van der Waals surface area contributed by atoms with E-state index in [0.29, 0.717) is 35.8 Å². The Bertz CT molecular complexity index is 1040. The van der Waals surface area contributed by atoms with Crippen LogP contribution in [-0.2, 0) is 19.6 Å². The second-order valence-electron chi connectivity index (χ2n) is 7.45. The van der Waals surface area contributed by atoms with Crippen LogP contribution < -0.4 is 15.4 Å². The van der Waals surface area contributed by atoms with Crippen molar-refractivity contribution in [2.75, 3.05) is 25.5 Å². The number of nitrogens with zero attached hydrogens (tertiary/aromatic N) is 1. The van der Waals surface area contributed by atoms with Crippen LogP contribution >= 0.6 is 11.6 Å². The summed E-state index contributed by atoms with van der Waals surface area (Å²) in [5.74, 6) is -0.988. The molecule has 1 unspecified atom stereocenters. The minimum Gasteiger partial charge on any atom is -0.497 e. The maximum absolute atomic E-state index is 13.2. The minimum absolute atomic E-state index is 0.187. The second kappa shape index (κ2) is 10.8. The SMILES string of the molecule is COc1ccc(S(=O)(=O)N2CCCCC2CCNC(=O)C(=O)Nc2ccc(Cl)cc2)cc1. The molecule has 2 aromatic rings. The van der Waals surface area contributed by atoms with E-state index in [9.17, 15) is 18.0 Å². The molecule has 1 fully saturated rings. The monoisotopic (exact) mass is 479 g/mol. The zero-order chi connectivity index (χ0) is 23.1. The summed E-state index contributed by atoms with van der Waals surface area (Å²) in [6.07, 6.45) is 2.80. The first-order valence-corrected chi connectivity index (χ1v) is 12.1. The Balaban J connectivity index is 1.57. The molecule has 0 aromatic heterocycles. The highest BCUT2D eigenvalue weighted by atomic mass is 35.5. The molecule has 2 N–H and O–H groups in total. The number of benzene rings is 2. The molecule has 2 aromatic carbocycles. The Morgan fingerprint density at radius 1 is 1.06 bits per heavy atom. The normalized spacial score (nSPS) is 16.9. The third kappa shape index (κ3) is 5.99. The molecule has 3 rings (SSSR count). The number of methoxy groups -OCH3 is 1. The van der Waals surface area contributed by atoms with E-state index in [1.807, 2.05) is 0 Å². The zero-order valence-electron chi connectivity index (χ0n) is 17.7. The Hall–Kier alpha value is -2.62. The van der Waals surface area contributed by atoms with E-state index in [1.165, 1.54) is 23.5 Å². The summed E-state index contributed by atoms with van der Waals surface area (Å²) in [6.45, 7) is 0.607. The van der Waals surface area contributed by atoms with Crippen LogP contribution in [0.2, 0.25) is 5.02 Å². The van der Waals surface area contributed by atoms with Gasteiger partial charge in [-0.25, -0.2) is 8.42 Å². The lowest BCUT2D eigenvalue weighted by Gasteiger charge is -2.34. The number of ether oxygens (including phenoxy) is 1. The van der Waals surface area contributed by atoms with E-state index in [0.717, 1.165) is 12.8 Å². The molecule has 0 bridgehead atoms. The van der Waals surface area contributed by atoms with Crippen LogP contribution in [0.3, 0.4) is 0 Å². The Labute approximate surface area is 192 Å². The average molecular weight is 480 g/mol. The number of hydrogen-bond donors (Lipinski definition) is 2. The molecule has 1 aliphatic rings. The minimum atomic E-state index is -3.67. The molecule has 10 heteroatoms. The lowest BCUT2D eigenvalue weighted by molar-refractivity contribution is -0.136. The smallest absolute Gasteiger partial charge is 0.313 e. The van der Waals surface area contributed by atoms with Gasteiger partial charge in [-0.3, -0.25) is 9.59 Å². The summed E-state index contributed by atoms with van der Waals surface area (Å²) in [5, 5.41) is 5.59. The third-order valence-electron chi connectivity index (χ3n) is 5.31. The maximum Gasteiger partial charge on any atom is 0.313 e. The van der Waals surface area contributed by atoms with Gasteiger partial charge < -0.3 is 15.4 Å². The number of amides is 2. The predicted molar refractivity (Wildman–Crippen MR) is 122 cm³/mol. The molecular formula is C22H26ClN3O5S. The second-order valence-corrected chi connectivity index (χ2v) is 9.77. The van der Waals surface area contributed by atoms with Crippen LogP contribution in [0.15, 0.2) is 53.4 Å². The number of anilines is 1. The van der Waals surface area contributed by atoms with Gasteiger partial charge in [0.15, 0.2) is 0 Å². The quantitative estimate of drug-likeness (QED) is 0.594. The lowest BCUT2D eigenvalue weighted by atomic mass is 10.0. The van der Waals surface area contributed by atoms with Crippen molar-refractivity contribution in [3.05, 3.63) is 53.6 Å². The number of carbonyl (C=O) groups is 2. The summed E-state index contributed by atoms with van der Waals surface area (Å²) >= 11 is 5.81. The first-order chi connectivity index (χ1) is 15.3. The van der Waals surface area contributed by atoms with Crippen molar-refractivity contribution in [2.45, 2.75) is 36.6 Å². The van der Waals surface area contributed by atoms with Gasteiger partial charge in [-0.05, 0) is 67.8 Å². The van der Waals surface area contributed by atoms with Crippen LogP contribution in [0.1, 0.15) is 25.7 Å². The molecule has 0 radical (unpaired) electrons. The molecule has 0 aliphatic carbocycles. The van der Waals surface area contributed by atoms with Crippen LogP contribution in [0.4, 0.5) is 5.69 Å². The van der Waals surface area contributed by atoms with Crippen molar-refractivity contribution in [1.82, 2.24) is 9.62 Å². The summed E-state index contributed by atoms with van der Waals surface area (Å²) in [6, 6.07) is 12.4. The summed E-state index contributed by atoms with van der Waals surface area (Å²) < 4.78 is 32.9. The van der Waals surface area contributed by atoms with Crippen molar-refractivity contribution < 1.29 is 22.7 Å². The fourth-order valence-electron chi connectivity index (χ4n) is 3.62. The van der Waals surface area contributed by atoms with Gasteiger partial charge in [-0.15, -0.1) is 0 Å². The Morgan fingerprint density at radius 2 is 1.75 bits per heavy atom. The average Bonchev–Trinajstić information content (AvgIpc) is 2.80. The number of hydrogen-bond acceptors (Lipinski definition) is 5. The summed E-state index contributed by atoms with van der Waals surface area (Å²) in [4.78, 5) is 24.4. The van der Waals surface area contributed by atoms with Crippen LogP contribution in [0.5, 0.6) is 5.75 Å². The standard InChI is InChI=1S/C22H26ClN3O5S/c1-31-19-9-11-20(12-10-19)32(29,30)26-15-3-2-4-18(26)13-14-24-21(27)22(28)25-17-7-5-16(23)6-8-17/h5-12,18H,2-4,13-15H2,1H3,(H,24,27)(H,25,28). The van der Waals surface area contributed by atoms with E-state index >= 15 is 0 Å². The van der Waals surface area contributed by atoms with Crippen LogP contribution in [0, 0.1) is 0 Å². The molecule has 172 valence electrons. The van der Waals surface area contributed by atoms with Gasteiger partial charge in [0.2, 0.25) is 10.0 Å². The zero-order valence-corrected chi connectivity index (χ0v) is 19.3.